The number of aryl methyl sites for hydroxylation is 1. The first-order chi connectivity index (χ1) is 17.6. The molecule has 4 rings (SSSR count). The molecule has 0 saturated carbocycles. The molecule has 0 atom stereocenters. The Morgan fingerprint density at radius 3 is 2.70 bits per heavy atom. The molecule has 11 heteroatoms. The SMILES string of the molecule is COCCOC(=O)NC(C)(C)CNc1nc(N2CCS(=O)(=O)c3ccccc3C2)nc2ccc(C)cc12. The van der Waals surface area contributed by atoms with Crippen LogP contribution in [-0.4, -0.2) is 69.2 Å². The maximum absolute atomic E-state index is 12.8. The van der Waals surface area contributed by atoms with E-state index in [1.54, 1.807) is 19.2 Å². The van der Waals surface area contributed by atoms with Gasteiger partial charge >= 0.3 is 6.09 Å². The standard InChI is InChI=1S/C26H33N5O5S/c1-18-9-10-21-20(15-18)23(27-17-26(2,3)30-25(32)36-13-12-35-4)29-24(28-21)31-11-14-37(33,34)22-8-6-5-7-19(22)16-31/h5-10,15H,11-14,16-17H2,1-4H3,(H,30,32)(H,27,28,29). The minimum atomic E-state index is -3.40. The number of carbonyl (C=O) groups is 1. The van der Waals surface area contributed by atoms with Crippen molar-refractivity contribution < 1.29 is 22.7 Å². The summed E-state index contributed by atoms with van der Waals surface area (Å²) in [7, 11) is -1.86. The van der Waals surface area contributed by atoms with Gasteiger partial charge in [0, 0.05) is 32.1 Å². The van der Waals surface area contributed by atoms with Gasteiger partial charge in [0.25, 0.3) is 0 Å². The van der Waals surface area contributed by atoms with Crippen LogP contribution in [0, 0.1) is 6.92 Å². The van der Waals surface area contributed by atoms with Gasteiger partial charge in [-0.05, 0) is 44.5 Å². The summed E-state index contributed by atoms with van der Waals surface area (Å²) < 4.78 is 35.7. The van der Waals surface area contributed by atoms with Crippen molar-refractivity contribution in [3.63, 3.8) is 0 Å². The number of rotatable bonds is 8. The van der Waals surface area contributed by atoms with E-state index in [9.17, 15) is 13.2 Å². The number of alkyl carbamates (subject to hydrolysis) is 1. The van der Waals surface area contributed by atoms with E-state index in [0.717, 1.165) is 22.0 Å². The second kappa shape index (κ2) is 10.9. The van der Waals surface area contributed by atoms with E-state index in [1.165, 1.54) is 0 Å². The van der Waals surface area contributed by atoms with Crippen molar-refractivity contribution in [3.8, 4) is 0 Å². The fourth-order valence-corrected chi connectivity index (χ4v) is 5.62. The lowest BCUT2D eigenvalue weighted by atomic mass is 10.1. The largest absolute Gasteiger partial charge is 0.447 e. The monoisotopic (exact) mass is 527 g/mol. The number of ether oxygens (including phenoxy) is 2. The van der Waals surface area contributed by atoms with Crippen LogP contribution in [0.5, 0.6) is 0 Å². The van der Waals surface area contributed by atoms with Crippen LogP contribution in [0.4, 0.5) is 16.6 Å². The van der Waals surface area contributed by atoms with Gasteiger partial charge in [0.15, 0.2) is 9.84 Å². The minimum Gasteiger partial charge on any atom is -0.447 e. The highest BCUT2D eigenvalue weighted by Gasteiger charge is 2.27. The van der Waals surface area contributed by atoms with Crippen molar-refractivity contribution >= 4 is 38.6 Å². The number of nitrogens with zero attached hydrogens (tertiary/aromatic N) is 3. The van der Waals surface area contributed by atoms with E-state index < -0.39 is 21.5 Å². The Bertz CT molecular complexity index is 1390. The van der Waals surface area contributed by atoms with Crippen LogP contribution >= 0.6 is 0 Å². The summed E-state index contributed by atoms with van der Waals surface area (Å²) in [5.41, 5.74) is 1.87. The van der Waals surface area contributed by atoms with Crippen LogP contribution in [0.2, 0.25) is 0 Å². The Labute approximate surface area is 217 Å². The lowest BCUT2D eigenvalue weighted by Gasteiger charge is -2.27. The summed E-state index contributed by atoms with van der Waals surface area (Å²) in [5, 5.41) is 7.06. The quantitative estimate of drug-likeness (QED) is 0.425. The number of fused-ring (bicyclic) bond motifs is 2. The van der Waals surface area contributed by atoms with Crippen LogP contribution < -0.4 is 15.5 Å². The van der Waals surface area contributed by atoms with Gasteiger partial charge in [0.2, 0.25) is 5.95 Å². The smallest absolute Gasteiger partial charge is 0.407 e. The van der Waals surface area contributed by atoms with Gasteiger partial charge in [-0.2, -0.15) is 4.98 Å². The Morgan fingerprint density at radius 2 is 1.92 bits per heavy atom. The van der Waals surface area contributed by atoms with E-state index in [4.69, 9.17) is 19.4 Å². The van der Waals surface area contributed by atoms with Crippen LogP contribution in [-0.2, 0) is 25.9 Å². The molecule has 1 aromatic heterocycles. The Kier molecular flexibility index (Phi) is 7.84. The van der Waals surface area contributed by atoms with Crippen LogP contribution in [0.25, 0.3) is 10.9 Å². The normalized spacial score (nSPS) is 15.1. The molecule has 1 aliphatic rings. The number of aromatic nitrogens is 2. The van der Waals surface area contributed by atoms with Gasteiger partial charge in [0.1, 0.15) is 12.4 Å². The number of nitrogens with one attached hydrogen (secondary N) is 2. The van der Waals surface area contributed by atoms with E-state index >= 15 is 0 Å². The third-order valence-corrected chi connectivity index (χ3v) is 7.87. The molecule has 1 amide bonds. The Hall–Kier alpha value is -3.44. The molecule has 0 bridgehead atoms. The molecule has 37 heavy (non-hydrogen) atoms. The molecule has 0 unspecified atom stereocenters. The number of hydrogen-bond acceptors (Lipinski definition) is 9. The number of sulfone groups is 1. The van der Waals surface area contributed by atoms with Crippen molar-refractivity contribution in [2.75, 3.05) is 49.4 Å². The van der Waals surface area contributed by atoms with E-state index in [-0.39, 0.29) is 18.9 Å². The van der Waals surface area contributed by atoms with E-state index in [2.05, 4.69) is 10.6 Å². The average Bonchev–Trinajstić information content (AvgIpc) is 2.98. The van der Waals surface area contributed by atoms with Gasteiger partial charge < -0.3 is 25.0 Å². The molecule has 10 nitrogen and oxygen atoms in total. The number of carbonyl (C=O) groups excluding carboxylic acids is 1. The summed E-state index contributed by atoms with van der Waals surface area (Å²) in [4.78, 5) is 24.0. The number of anilines is 2. The number of amides is 1. The zero-order valence-corrected chi connectivity index (χ0v) is 22.4. The van der Waals surface area contributed by atoms with Crippen LogP contribution in [0.15, 0.2) is 47.4 Å². The number of hydrogen-bond donors (Lipinski definition) is 2. The summed E-state index contributed by atoms with van der Waals surface area (Å²) in [5.74, 6) is 1.02. The molecule has 3 aromatic rings. The molecule has 0 radical (unpaired) electrons. The van der Waals surface area contributed by atoms with Gasteiger partial charge in [-0.25, -0.2) is 18.2 Å². The van der Waals surface area contributed by atoms with Gasteiger partial charge in [-0.15, -0.1) is 0 Å². The average molecular weight is 528 g/mol. The molecule has 1 aliphatic heterocycles. The van der Waals surface area contributed by atoms with Crippen LogP contribution in [0.3, 0.4) is 0 Å². The molecule has 0 fully saturated rings. The fourth-order valence-electron chi connectivity index (χ4n) is 4.12. The topological polar surface area (TPSA) is 123 Å². The molecule has 0 saturated heterocycles. The molecule has 2 heterocycles. The highest BCUT2D eigenvalue weighted by molar-refractivity contribution is 7.91. The predicted octanol–water partition coefficient (Wildman–Crippen LogP) is 3.30. The molecule has 0 aliphatic carbocycles. The Balaban J connectivity index is 1.61. The molecular formula is C26H33N5O5S. The summed E-state index contributed by atoms with van der Waals surface area (Å²) in [6.45, 7) is 7.26. The van der Waals surface area contributed by atoms with E-state index in [1.807, 2.05) is 56.0 Å². The zero-order valence-electron chi connectivity index (χ0n) is 21.6. The second-order valence-electron chi connectivity index (χ2n) is 9.73. The first-order valence-electron chi connectivity index (χ1n) is 12.1. The van der Waals surface area contributed by atoms with Crippen molar-refractivity contribution in [3.05, 3.63) is 53.6 Å². The third-order valence-electron chi connectivity index (χ3n) is 6.08. The fraction of sp³-hybridized carbons (Fsp3) is 0.423. The van der Waals surface area contributed by atoms with Crippen molar-refractivity contribution in [1.82, 2.24) is 15.3 Å². The summed E-state index contributed by atoms with van der Waals surface area (Å²) in [6.07, 6.45) is -0.530. The van der Waals surface area contributed by atoms with Gasteiger partial charge in [-0.1, -0.05) is 29.8 Å². The van der Waals surface area contributed by atoms with Crippen molar-refractivity contribution in [2.45, 2.75) is 37.8 Å². The minimum absolute atomic E-state index is 0.0236. The first-order valence-corrected chi connectivity index (χ1v) is 13.7. The zero-order chi connectivity index (χ0) is 26.6. The van der Waals surface area contributed by atoms with Crippen molar-refractivity contribution in [1.29, 1.82) is 0 Å². The first kappa shape index (κ1) is 26.6. The molecule has 0 spiro atoms. The molecule has 2 N–H and O–H groups in total. The maximum atomic E-state index is 12.8. The van der Waals surface area contributed by atoms with Gasteiger partial charge in [0.05, 0.1) is 28.3 Å². The summed E-state index contributed by atoms with van der Waals surface area (Å²) >= 11 is 0. The molecule has 198 valence electrons. The predicted molar refractivity (Wildman–Crippen MR) is 143 cm³/mol. The van der Waals surface area contributed by atoms with Crippen molar-refractivity contribution in [2.24, 2.45) is 0 Å². The Morgan fingerprint density at radius 1 is 1.14 bits per heavy atom. The molecule has 2 aromatic carbocycles. The van der Waals surface area contributed by atoms with Gasteiger partial charge in [-0.3, -0.25) is 0 Å². The molecular weight excluding hydrogens is 494 g/mol. The van der Waals surface area contributed by atoms with E-state index in [0.29, 0.717) is 36.4 Å². The third kappa shape index (κ3) is 6.47. The maximum Gasteiger partial charge on any atom is 0.407 e. The highest BCUT2D eigenvalue weighted by atomic mass is 32.2. The van der Waals surface area contributed by atoms with Crippen LogP contribution in [0.1, 0.15) is 25.0 Å². The second-order valence-corrected chi connectivity index (χ2v) is 11.8. The number of methoxy groups -OCH3 is 1. The number of benzene rings is 2. The lowest BCUT2D eigenvalue weighted by molar-refractivity contribution is 0.0938. The summed E-state index contributed by atoms with van der Waals surface area (Å²) in [6, 6.07) is 13.0. The lowest BCUT2D eigenvalue weighted by Crippen LogP contribution is -2.48. The highest BCUT2D eigenvalue weighted by Crippen LogP contribution is 2.29.